The number of nitrogens with one attached hydrogen (secondary N) is 1. The van der Waals surface area contributed by atoms with E-state index in [0.29, 0.717) is 38.2 Å². The molecule has 0 radical (unpaired) electrons. The van der Waals surface area contributed by atoms with Crippen LogP contribution in [0.2, 0.25) is 5.02 Å². The number of hydrogen-bond donors (Lipinski definition) is 2. The average molecular weight is 437 g/mol. The normalized spacial score (nSPS) is 12.0. The van der Waals surface area contributed by atoms with Crippen molar-refractivity contribution in [1.29, 1.82) is 0 Å². The van der Waals surface area contributed by atoms with E-state index in [4.69, 9.17) is 22.1 Å². The molecular weight excluding hydrogens is 415 g/mol. The van der Waals surface area contributed by atoms with Gasteiger partial charge < -0.3 is 15.8 Å². The van der Waals surface area contributed by atoms with Crippen molar-refractivity contribution in [2.75, 3.05) is 13.7 Å². The second-order valence-corrected chi connectivity index (χ2v) is 7.97. The molecule has 0 aliphatic carbocycles. The van der Waals surface area contributed by atoms with Crippen molar-refractivity contribution >= 4 is 28.8 Å². The maximum atomic E-state index is 12.9. The van der Waals surface area contributed by atoms with Crippen molar-refractivity contribution in [3.8, 4) is 16.3 Å². The number of hydrogen-bond acceptors (Lipinski definition) is 5. The Kier molecular flexibility index (Phi) is 6.89. The van der Waals surface area contributed by atoms with Crippen molar-refractivity contribution < 1.29 is 13.9 Å². The zero-order valence-electron chi connectivity index (χ0n) is 16.1. The maximum Gasteiger partial charge on any atom is 0.261 e. The van der Waals surface area contributed by atoms with Crippen molar-refractivity contribution in [1.82, 2.24) is 15.1 Å². The second-order valence-electron chi connectivity index (χ2n) is 6.54. The predicted molar refractivity (Wildman–Crippen MR) is 113 cm³/mol. The first-order valence-corrected chi connectivity index (χ1v) is 10.2. The van der Waals surface area contributed by atoms with Crippen LogP contribution in [0, 0.1) is 0 Å². The van der Waals surface area contributed by atoms with Gasteiger partial charge in [0.2, 0.25) is 0 Å². The van der Waals surface area contributed by atoms with E-state index in [-0.39, 0.29) is 18.5 Å². The van der Waals surface area contributed by atoms with Crippen molar-refractivity contribution in [3.05, 3.63) is 57.6 Å². The van der Waals surface area contributed by atoms with Crippen LogP contribution in [0.15, 0.2) is 36.5 Å². The summed E-state index contributed by atoms with van der Waals surface area (Å²) in [6.45, 7) is -0.268. The first-order valence-electron chi connectivity index (χ1n) is 8.97. The smallest absolute Gasteiger partial charge is 0.261 e. The number of amides is 1. The van der Waals surface area contributed by atoms with Crippen molar-refractivity contribution in [2.24, 2.45) is 12.8 Å². The van der Waals surface area contributed by atoms with Gasteiger partial charge in [-0.05, 0) is 23.6 Å². The summed E-state index contributed by atoms with van der Waals surface area (Å²) in [5.41, 5.74) is 8.76. The van der Waals surface area contributed by atoms with E-state index in [1.165, 1.54) is 11.3 Å². The largest absolute Gasteiger partial charge is 0.487 e. The minimum absolute atomic E-state index is 0.255. The minimum atomic E-state index is -0.526. The third kappa shape index (κ3) is 4.77. The number of nitrogens with two attached hydrogens (primary N) is 1. The van der Waals surface area contributed by atoms with Gasteiger partial charge in [-0.1, -0.05) is 47.2 Å². The molecule has 0 aliphatic heterocycles. The quantitative estimate of drug-likeness (QED) is 0.565. The predicted octanol–water partition coefficient (Wildman–Crippen LogP) is 3.58. The molecule has 0 saturated heterocycles. The molecule has 3 rings (SSSR count). The number of methoxy groups -OCH3 is 1. The average Bonchev–Trinajstić information content (AvgIpc) is 3.29. The van der Waals surface area contributed by atoms with Gasteiger partial charge in [0.05, 0.1) is 34.5 Å². The van der Waals surface area contributed by atoms with Crippen LogP contribution in [-0.2, 0) is 20.1 Å². The first kappa shape index (κ1) is 21.3. The fourth-order valence-electron chi connectivity index (χ4n) is 3.09. The molecule has 0 aliphatic rings. The highest BCUT2D eigenvalue weighted by Gasteiger charge is 2.22. The van der Waals surface area contributed by atoms with E-state index in [1.807, 2.05) is 6.07 Å². The number of aryl methyl sites for hydroxylation is 1. The standard InChI is InChI=1S/C20H22ClFN4O2S/c1-26-18(16(21)11-24-26)15-8-17(29-20(15)28-2)19(27)25-14(10-23)7-12-4-3-5-13(6-12)9-22/h3-6,8,11,14H,7,9-10,23H2,1-2H3,(H,25,27)/t14-/m0/s1. The number of rotatable bonds is 8. The van der Waals surface area contributed by atoms with Crippen LogP contribution in [0.1, 0.15) is 20.8 Å². The molecule has 3 N–H and O–H groups in total. The molecule has 0 fully saturated rings. The van der Waals surface area contributed by atoms with Gasteiger partial charge in [0.25, 0.3) is 5.91 Å². The Bertz CT molecular complexity index is 985. The Morgan fingerprint density at radius 2 is 2.17 bits per heavy atom. The van der Waals surface area contributed by atoms with Gasteiger partial charge in [0, 0.05) is 19.6 Å². The van der Waals surface area contributed by atoms with E-state index < -0.39 is 6.67 Å². The molecule has 9 heteroatoms. The number of ether oxygens (including phenoxy) is 1. The van der Waals surface area contributed by atoms with Crippen LogP contribution >= 0.6 is 22.9 Å². The van der Waals surface area contributed by atoms with Gasteiger partial charge in [-0.3, -0.25) is 9.48 Å². The van der Waals surface area contributed by atoms with Crippen LogP contribution in [0.25, 0.3) is 11.3 Å². The topological polar surface area (TPSA) is 82.2 Å². The summed E-state index contributed by atoms with van der Waals surface area (Å²) in [5, 5.41) is 8.13. The van der Waals surface area contributed by atoms with Crippen LogP contribution in [0.3, 0.4) is 0 Å². The summed E-state index contributed by atoms with van der Waals surface area (Å²) < 4.78 is 20.0. The summed E-state index contributed by atoms with van der Waals surface area (Å²) in [6.07, 6.45) is 2.06. The minimum Gasteiger partial charge on any atom is -0.487 e. The molecule has 154 valence electrons. The SMILES string of the molecule is COc1sc(C(=O)N[C@H](CN)Cc2cccc(CF)c2)cc1-c1c(Cl)cnn1C. The fourth-order valence-corrected chi connectivity index (χ4v) is 4.24. The molecule has 1 aromatic carbocycles. The number of thiophene rings is 1. The Morgan fingerprint density at radius 3 is 2.79 bits per heavy atom. The van der Waals surface area contributed by atoms with Gasteiger partial charge in [-0.25, -0.2) is 4.39 Å². The lowest BCUT2D eigenvalue weighted by molar-refractivity contribution is 0.0942. The van der Waals surface area contributed by atoms with Crippen molar-refractivity contribution in [3.63, 3.8) is 0 Å². The highest BCUT2D eigenvalue weighted by Crippen LogP contribution is 2.40. The molecule has 2 aromatic heterocycles. The lowest BCUT2D eigenvalue weighted by Crippen LogP contribution is -2.41. The van der Waals surface area contributed by atoms with Gasteiger partial charge >= 0.3 is 0 Å². The number of halogens is 2. The number of aromatic nitrogens is 2. The zero-order valence-corrected chi connectivity index (χ0v) is 17.7. The summed E-state index contributed by atoms with van der Waals surface area (Å²) in [5.74, 6) is -0.255. The van der Waals surface area contributed by atoms with Gasteiger partial charge in [0.15, 0.2) is 5.06 Å². The van der Waals surface area contributed by atoms with Gasteiger partial charge in [-0.15, -0.1) is 0 Å². The van der Waals surface area contributed by atoms with Crippen LogP contribution in [-0.4, -0.2) is 35.4 Å². The molecular formula is C20H22ClFN4O2S. The summed E-state index contributed by atoms with van der Waals surface area (Å²) in [6, 6.07) is 8.65. The van der Waals surface area contributed by atoms with E-state index in [0.717, 1.165) is 5.56 Å². The molecule has 2 heterocycles. The molecule has 6 nitrogen and oxygen atoms in total. The van der Waals surface area contributed by atoms with E-state index in [1.54, 1.807) is 49.3 Å². The van der Waals surface area contributed by atoms with E-state index in [9.17, 15) is 9.18 Å². The lowest BCUT2D eigenvalue weighted by Gasteiger charge is -2.16. The Hall–Kier alpha value is -2.42. The molecule has 3 aromatic rings. The van der Waals surface area contributed by atoms with Crippen molar-refractivity contribution in [2.45, 2.75) is 19.1 Å². The summed E-state index contributed by atoms with van der Waals surface area (Å²) in [7, 11) is 3.32. The van der Waals surface area contributed by atoms with E-state index >= 15 is 0 Å². The van der Waals surface area contributed by atoms with Crippen LogP contribution in [0.5, 0.6) is 5.06 Å². The number of carbonyl (C=O) groups excluding carboxylic acids is 1. The zero-order chi connectivity index (χ0) is 21.0. The Labute approximate surface area is 177 Å². The number of nitrogens with zero attached hydrogens (tertiary/aromatic N) is 2. The number of carbonyl (C=O) groups is 1. The monoisotopic (exact) mass is 436 g/mol. The molecule has 29 heavy (non-hydrogen) atoms. The highest BCUT2D eigenvalue weighted by atomic mass is 35.5. The molecule has 0 saturated carbocycles. The third-order valence-corrected chi connectivity index (χ3v) is 5.88. The molecule has 0 spiro atoms. The maximum absolute atomic E-state index is 12.9. The molecule has 1 amide bonds. The fraction of sp³-hybridized carbons (Fsp3) is 0.300. The first-order chi connectivity index (χ1) is 14.0. The molecule has 0 bridgehead atoms. The number of benzene rings is 1. The lowest BCUT2D eigenvalue weighted by atomic mass is 10.0. The van der Waals surface area contributed by atoms with Gasteiger partial charge in [-0.2, -0.15) is 5.10 Å². The number of alkyl halides is 1. The Balaban J connectivity index is 1.79. The van der Waals surface area contributed by atoms with Gasteiger partial charge in [0.1, 0.15) is 6.67 Å². The van der Waals surface area contributed by atoms with E-state index in [2.05, 4.69) is 10.4 Å². The van der Waals surface area contributed by atoms with Crippen LogP contribution < -0.4 is 15.8 Å². The molecule has 0 unspecified atom stereocenters. The highest BCUT2D eigenvalue weighted by molar-refractivity contribution is 7.16. The summed E-state index contributed by atoms with van der Waals surface area (Å²) in [4.78, 5) is 13.3. The summed E-state index contributed by atoms with van der Waals surface area (Å²) >= 11 is 7.46. The second kappa shape index (κ2) is 9.39. The Morgan fingerprint density at radius 1 is 1.41 bits per heavy atom. The van der Waals surface area contributed by atoms with Crippen LogP contribution in [0.4, 0.5) is 4.39 Å². The third-order valence-electron chi connectivity index (χ3n) is 4.50. The molecule has 1 atom stereocenters.